The Hall–Kier alpha value is -7.14. The Morgan fingerprint density at radius 3 is 1.77 bits per heavy atom. The number of aromatic nitrogens is 10. The summed E-state index contributed by atoms with van der Waals surface area (Å²) in [5.74, 6) is -0.0702. The van der Waals surface area contributed by atoms with Crippen LogP contribution >= 0.6 is 0 Å². The van der Waals surface area contributed by atoms with Crippen LogP contribution in [0.3, 0.4) is 0 Å². The van der Waals surface area contributed by atoms with Crippen molar-refractivity contribution in [1.29, 1.82) is 0 Å². The minimum atomic E-state index is -0.751. The van der Waals surface area contributed by atoms with Crippen molar-refractivity contribution in [1.82, 2.24) is 69.5 Å². The van der Waals surface area contributed by atoms with E-state index in [9.17, 15) is 19.2 Å². The largest absolute Gasteiger partial charge is 0.379 e. The van der Waals surface area contributed by atoms with Crippen molar-refractivity contribution in [3.05, 3.63) is 119 Å². The van der Waals surface area contributed by atoms with Crippen LogP contribution < -0.4 is 20.4 Å². The molecule has 2 aromatic carbocycles. The second-order valence-corrected chi connectivity index (χ2v) is 18.2. The van der Waals surface area contributed by atoms with Crippen LogP contribution in [-0.4, -0.2) is 168 Å². The van der Waals surface area contributed by atoms with Crippen molar-refractivity contribution in [2.24, 2.45) is 0 Å². The number of anilines is 2. The molecule has 2 N–H and O–H groups in total. The first-order valence-corrected chi connectivity index (χ1v) is 24.0. The van der Waals surface area contributed by atoms with Gasteiger partial charge in [-0.1, -0.05) is 54.6 Å². The highest BCUT2D eigenvalue weighted by Crippen LogP contribution is 2.26. The Balaban J connectivity index is 0.685. The van der Waals surface area contributed by atoms with Crippen LogP contribution in [0.1, 0.15) is 68.3 Å². The summed E-state index contributed by atoms with van der Waals surface area (Å²) < 4.78 is 18.6. The van der Waals surface area contributed by atoms with E-state index in [4.69, 9.17) is 19.7 Å². The number of rotatable bonds is 15. The molecule has 0 bridgehead atoms. The van der Waals surface area contributed by atoms with Crippen molar-refractivity contribution in [2.45, 2.75) is 70.0 Å². The normalized spacial score (nSPS) is 20.2. The Morgan fingerprint density at radius 1 is 0.629 bits per heavy atom. The Labute approximate surface area is 404 Å². The summed E-state index contributed by atoms with van der Waals surface area (Å²) in [6.07, 6.45) is 5.12. The molecular formula is C48H58N16O6. The van der Waals surface area contributed by atoms with Crippen molar-refractivity contribution >= 4 is 35.3 Å². The number of fused-ring (bicyclic) bond motifs is 2. The van der Waals surface area contributed by atoms with Gasteiger partial charge in [-0.05, 0) is 29.5 Å². The summed E-state index contributed by atoms with van der Waals surface area (Å²) >= 11 is 0. The smallest absolute Gasteiger partial charge is 0.291 e. The standard InChI is InChI=1S/C48H58N16O6/c1-57-41-26-36(11-15-59-19-22-69-23-20-59)53-63(41)17-13-39(47(57)67)52-46(66)44-50-32-62(56-44)29-34-9-6-10-35(25-34)40-30-60(21-24-70-40)16-12-37-27-42-58(2)48(68)38(14-18-64(42)54-37)51-45(65)43-49-31-61(55-43)28-33-7-4-3-5-8-33/h3-10,25-27,31-32,38-40H,11-24,28-30H2,1-2H3,(H,51,65)(H,52,66)/t38-,39?,40?/m1/s1. The number of carbonyl (C=O) groups excluding carboxylic acids is 4. The molecule has 366 valence electrons. The van der Waals surface area contributed by atoms with E-state index in [0.717, 1.165) is 80.4 Å². The highest BCUT2D eigenvalue weighted by molar-refractivity contribution is 6.01. The summed E-state index contributed by atoms with van der Waals surface area (Å²) in [5.41, 5.74) is 4.85. The van der Waals surface area contributed by atoms with Gasteiger partial charge in [0.2, 0.25) is 11.6 Å². The van der Waals surface area contributed by atoms with E-state index in [0.29, 0.717) is 70.2 Å². The van der Waals surface area contributed by atoms with E-state index in [-0.39, 0.29) is 29.6 Å². The van der Waals surface area contributed by atoms with Crippen molar-refractivity contribution < 1.29 is 28.7 Å². The zero-order valence-electron chi connectivity index (χ0n) is 39.5. The number of morpholine rings is 2. The molecule has 22 nitrogen and oxygen atoms in total. The average molecular weight is 955 g/mol. The predicted molar refractivity (Wildman–Crippen MR) is 254 cm³/mol. The number of nitrogens with zero attached hydrogens (tertiary/aromatic N) is 14. The van der Waals surface area contributed by atoms with Crippen molar-refractivity contribution in [2.75, 3.05) is 83.0 Å². The van der Waals surface area contributed by atoms with E-state index in [1.54, 1.807) is 33.3 Å². The molecule has 70 heavy (non-hydrogen) atoms. The maximum atomic E-state index is 13.6. The molecule has 0 spiro atoms. The third-order valence-corrected chi connectivity index (χ3v) is 13.4. The van der Waals surface area contributed by atoms with Gasteiger partial charge >= 0.3 is 0 Å². The summed E-state index contributed by atoms with van der Waals surface area (Å²) in [6, 6.07) is 20.3. The van der Waals surface area contributed by atoms with Gasteiger partial charge in [-0.25, -0.2) is 28.7 Å². The molecule has 0 radical (unpaired) electrons. The molecule has 2 unspecified atom stereocenters. The SMILES string of the molecule is CN1C(=O)C(NC(=O)c2ncn(Cc3cccc(C4CN(CCc5cc6n(n5)CC[C@@H](NC(=O)c5ncn(Cc7ccccc7)n5)C(=O)N6C)CCO4)c3)n2)CCn2nc(CCN3CCOCC3)cc21. The van der Waals surface area contributed by atoms with Gasteiger partial charge in [-0.2, -0.15) is 10.2 Å². The maximum Gasteiger partial charge on any atom is 0.291 e. The molecular weight excluding hydrogens is 897 g/mol. The molecule has 3 atom stereocenters. The molecule has 10 rings (SSSR count). The lowest BCUT2D eigenvalue weighted by Crippen LogP contribution is -2.47. The van der Waals surface area contributed by atoms with Crippen molar-refractivity contribution in [3.63, 3.8) is 0 Å². The third kappa shape index (κ3) is 10.7. The first kappa shape index (κ1) is 46.6. The summed E-state index contributed by atoms with van der Waals surface area (Å²) in [7, 11) is 3.42. The number of benzene rings is 2. The molecule has 0 saturated carbocycles. The van der Waals surface area contributed by atoms with E-state index < -0.39 is 23.9 Å². The summed E-state index contributed by atoms with van der Waals surface area (Å²) in [4.78, 5) is 70.0. The molecule has 4 aliphatic heterocycles. The quantitative estimate of drug-likeness (QED) is 0.148. The Kier molecular flexibility index (Phi) is 13.9. The molecule has 22 heteroatoms. The topological polar surface area (TPSA) is 221 Å². The predicted octanol–water partition coefficient (Wildman–Crippen LogP) is 1.18. The fourth-order valence-corrected chi connectivity index (χ4v) is 9.46. The Morgan fingerprint density at radius 2 is 1.17 bits per heavy atom. The van der Waals surface area contributed by atoms with Crippen LogP contribution in [0, 0.1) is 0 Å². The van der Waals surface area contributed by atoms with Crippen LogP contribution in [0.15, 0.2) is 79.4 Å². The van der Waals surface area contributed by atoms with Crippen LogP contribution in [0.2, 0.25) is 0 Å². The van der Waals surface area contributed by atoms with Gasteiger partial charge in [0.1, 0.15) is 36.4 Å². The first-order valence-electron chi connectivity index (χ1n) is 24.0. The second kappa shape index (κ2) is 20.8. The van der Waals surface area contributed by atoms with E-state index in [2.05, 4.69) is 52.7 Å². The second-order valence-electron chi connectivity index (χ2n) is 18.2. The van der Waals surface area contributed by atoms with Gasteiger partial charge in [-0.3, -0.25) is 38.8 Å². The van der Waals surface area contributed by atoms with Crippen LogP contribution in [0.4, 0.5) is 11.6 Å². The van der Waals surface area contributed by atoms with E-state index >= 15 is 0 Å². The molecule has 6 aromatic rings. The molecule has 8 heterocycles. The lowest BCUT2D eigenvalue weighted by atomic mass is 10.0. The van der Waals surface area contributed by atoms with Gasteiger partial charge in [-0.15, -0.1) is 10.2 Å². The van der Waals surface area contributed by atoms with Gasteiger partial charge < -0.3 is 20.1 Å². The van der Waals surface area contributed by atoms with Crippen molar-refractivity contribution in [3.8, 4) is 0 Å². The molecule has 4 aliphatic rings. The highest BCUT2D eigenvalue weighted by Gasteiger charge is 2.34. The zero-order valence-corrected chi connectivity index (χ0v) is 39.5. The highest BCUT2D eigenvalue weighted by atomic mass is 16.5. The fourth-order valence-electron chi connectivity index (χ4n) is 9.46. The molecule has 4 aromatic heterocycles. The van der Waals surface area contributed by atoms with E-state index in [1.165, 1.54) is 12.7 Å². The number of aryl methyl sites for hydroxylation is 2. The van der Waals surface area contributed by atoms with Gasteiger partial charge in [0.25, 0.3) is 23.6 Å². The minimum absolute atomic E-state index is 0.0108. The number of amides is 4. The minimum Gasteiger partial charge on any atom is -0.379 e. The average Bonchev–Trinajstić information content (AvgIpc) is 4.21. The Bertz CT molecular complexity index is 2810. The van der Waals surface area contributed by atoms with Crippen LogP contribution in [-0.2, 0) is 58.1 Å². The molecule has 2 fully saturated rings. The number of likely N-dealkylation sites (N-methyl/N-ethyl adjacent to an activating group) is 2. The zero-order chi connectivity index (χ0) is 48.1. The number of carbonyl (C=O) groups is 4. The first-order chi connectivity index (χ1) is 34.1. The molecule has 0 aliphatic carbocycles. The monoisotopic (exact) mass is 954 g/mol. The molecule has 4 amide bonds. The summed E-state index contributed by atoms with van der Waals surface area (Å²) in [5, 5.41) is 24.1. The lowest BCUT2D eigenvalue weighted by Gasteiger charge is -2.33. The van der Waals surface area contributed by atoms with Gasteiger partial charge in [0.05, 0.1) is 50.4 Å². The molecule has 2 saturated heterocycles. The number of ether oxygens (including phenoxy) is 2. The van der Waals surface area contributed by atoms with Crippen LogP contribution in [0.5, 0.6) is 0 Å². The van der Waals surface area contributed by atoms with Crippen LogP contribution in [0.25, 0.3) is 0 Å². The maximum absolute atomic E-state index is 13.6. The van der Waals surface area contributed by atoms with Gasteiger partial charge in [0, 0.05) is 91.4 Å². The van der Waals surface area contributed by atoms with Gasteiger partial charge in [0.15, 0.2) is 0 Å². The summed E-state index contributed by atoms with van der Waals surface area (Å²) in [6.45, 7) is 8.79. The third-order valence-electron chi connectivity index (χ3n) is 13.4. The number of hydrogen-bond donors (Lipinski definition) is 2. The lowest BCUT2D eigenvalue weighted by molar-refractivity contribution is -0.120. The number of hydrogen-bond acceptors (Lipinski definition) is 14. The fraction of sp³-hybridized carbons (Fsp3) is 0.458. The van der Waals surface area contributed by atoms with E-state index in [1.807, 2.05) is 64.0 Å². The number of nitrogens with one attached hydrogen (secondary N) is 2.